The van der Waals surface area contributed by atoms with Gasteiger partial charge in [0.2, 0.25) is 0 Å². The summed E-state index contributed by atoms with van der Waals surface area (Å²) in [4.78, 5) is 0. The average Bonchev–Trinajstić information content (AvgIpc) is 1.64. The molecule has 0 aromatic carbocycles. The molecule has 0 spiro atoms. The van der Waals surface area contributed by atoms with Crippen LogP contribution in [0.5, 0.6) is 0 Å². The van der Waals surface area contributed by atoms with Crippen molar-refractivity contribution in [1.29, 1.82) is 0 Å². The van der Waals surface area contributed by atoms with Crippen molar-refractivity contribution in [3.05, 3.63) is 0 Å². The quantitative estimate of drug-likeness (QED) is 0.458. The van der Waals surface area contributed by atoms with Crippen molar-refractivity contribution < 1.29 is 0 Å². The van der Waals surface area contributed by atoms with Crippen LogP contribution in [0.15, 0.2) is 0 Å². The first-order valence-corrected chi connectivity index (χ1v) is 9.97. The summed E-state index contributed by atoms with van der Waals surface area (Å²) in [6.45, 7) is 6.45. The Morgan fingerprint density at radius 1 is 1.12 bits per heavy atom. The molecule has 2 unspecified atom stereocenters. The van der Waals surface area contributed by atoms with E-state index in [1.807, 2.05) is 0 Å². The molecule has 4 heteroatoms. The van der Waals surface area contributed by atoms with Gasteiger partial charge in [-0.3, -0.25) is 0 Å². The fourth-order valence-corrected chi connectivity index (χ4v) is 7.89. The predicted octanol–water partition coefficient (Wildman–Crippen LogP) is 2.10. The molecule has 8 heavy (non-hydrogen) atoms. The molecule has 0 heterocycles. The van der Waals surface area contributed by atoms with E-state index in [0.29, 0.717) is 5.16 Å². The van der Waals surface area contributed by atoms with Gasteiger partial charge in [-0.25, -0.2) is 0 Å². The predicted molar refractivity (Wildman–Crippen MR) is 47.2 cm³/mol. The minimum atomic E-state index is -0.921. The molecule has 0 aliphatic rings. The Kier molecular flexibility index (Phi) is 4.43. The van der Waals surface area contributed by atoms with Gasteiger partial charge in [0.25, 0.3) is 0 Å². The van der Waals surface area contributed by atoms with E-state index in [1.165, 1.54) is 0 Å². The summed E-state index contributed by atoms with van der Waals surface area (Å²) in [5, 5.41) is 0.679. The van der Waals surface area contributed by atoms with Crippen molar-refractivity contribution in [2.45, 2.75) is 25.2 Å². The highest BCUT2D eigenvalue weighted by Gasteiger charge is 2.17. The molecule has 2 atom stereocenters. The molecule has 0 rings (SSSR count). The van der Waals surface area contributed by atoms with Crippen LogP contribution in [0.25, 0.3) is 0 Å². The van der Waals surface area contributed by atoms with Crippen LogP contribution in [0.2, 0.25) is 18.3 Å². The van der Waals surface area contributed by atoms with E-state index in [9.17, 15) is 0 Å². The zero-order valence-electron chi connectivity index (χ0n) is 5.49. The topological polar surface area (TPSA) is 0 Å². The summed E-state index contributed by atoms with van der Waals surface area (Å²) >= 11 is 11.8. The van der Waals surface area contributed by atoms with Crippen LogP contribution < -0.4 is 0 Å². The van der Waals surface area contributed by atoms with Gasteiger partial charge >= 0.3 is 0 Å². The van der Waals surface area contributed by atoms with Crippen LogP contribution in [0.1, 0.15) is 6.92 Å². The van der Waals surface area contributed by atoms with E-state index in [4.69, 9.17) is 22.2 Å². The van der Waals surface area contributed by atoms with Crippen molar-refractivity contribution in [3.63, 3.8) is 0 Å². The molecule has 0 N–H and O–H groups in total. The third kappa shape index (κ3) is 3.12. The highest BCUT2D eigenvalue weighted by atomic mass is 35.6. The number of halogens is 2. The third-order valence-corrected chi connectivity index (χ3v) is 11.7. The highest BCUT2D eigenvalue weighted by Crippen LogP contribution is 2.18. The Labute approximate surface area is 63.8 Å². The second kappa shape index (κ2) is 3.93. The van der Waals surface area contributed by atoms with Gasteiger partial charge in [-0.2, -0.15) is 22.2 Å². The minimum absolute atomic E-state index is 0.679. The minimum Gasteiger partial charge on any atom is -0.172 e. The summed E-state index contributed by atoms with van der Waals surface area (Å²) in [7, 11) is -1.84. The fourth-order valence-electron chi connectivity index (χ4n) is 0.365. The summed E-state index contributed by atoms with van der Waals surface area (Å²) in [6.07, 6.45) is 0. The lowest BCUT2D eigenvalue weighted by Crippen LogP contribution is -2.17. The maximum atomic E-state index is 5.91. The molecule has 0 saturated heterocycles. The molecular weight excluding hydrogens is 175 g/mol. The van der Waals surface area contributed by atoms with E-state index in [0.717, 1.165) is 0 Å². The van der Waals surface area contributed by atoms with Crippen molar-refractivity contribution in [2.75, 3.05) is 0 Å². The maximum absolute atomic E-state index is 5.91. The van der Waals surface area contributed by atoms with Gasteiger partial charge in [0.05, 0.1) is 0 Å². The molecule has 0 saturated carbocycles. The largest absolute Gasteiger partial charge is 0.172 e. The van der Waals surface area contributed by atoms with Crippen LogP contribution in [-0.2, 0) is 0 Å². The molecule has 0 fully saturated rings. The van der Waals surface area contributed by atoms with Crippen molar-refractivity contribution >= 4 is 38.4 Å². The van der Waals surface area contributed by atoms with Gasteiger partial charge in [-0.1, -0.05) is 20.0 Å². The van der Waals surface area contributed by atoms with E-state index in [-0.39, 0.29) is 0 Å². The summed E-state index contributed by atoms with van der Waals surface area (Å²) in [5.41, 5.74) is 0. The van der Waals surface area contributed by atoms with Gasteiger partial charge in [-0.05, 0) is 5.16 Å². The molecule has 0 nitrogen and oxygen atoms in total. The Hall–Kier alpha value is 1.01. The lowest BCUT2D eigenvalue weighted by atomic mass is 10.9. The monoisotopic (exact) mass is 186 g/mol. The van der Waals surface area contributed by atoms with Crippen molar-refractivity contribution in [2.24, 2.45) is 0 Å². The standard InChI is InChI=1S/C4H12Cl2Si2/c1-4(7(2)5)8(3)6/h4,7-8H,1-3H3. The van der Waals surface area contributed by atoms with Crippen molar-refractivity contribution in [1.82, 2.24) is 0 Å². The first-order chi connectivity index (χ1) is 3.55. The zero-order chi connectivity index (χ0) is 6.73. The molecule has 0 amide bonds. The lowest BCUT2D eigenvalue weighted by Gasteiger charge is -2.11. The zero-order valence-corrected chi connectivity index (χ0v) is 9.31. The summed E-state index contributed by atoms with van der Waals surface area (Å²) in [6, 6.07) is 0. The van der Waals surface area contributed by atoms with E-state index < -0.39 is 16.2 Å². The molecule has 50 valence electrons. The fraction of sp³-hybridized carbons (Fsp3) is 1.00. The van der Waals surface area contributed by atoms with Gasteiger partial charge in [0.15, 0.2) is 0 Å². The van der Waals surface area contributed by atoms with Crippen LogP contribution in [-0.4, -0.2) is 16.2 Å². The normalized spacial score (nSPS) is 22.1. The number of hydrogen-bond acceptors (Lipinski definition) is 0. The summed E-state index contributed by atoms with van der Waals surface area (Å²) in [5.74, 6) is 0. The van der Waals surface area contributed by atoms with Crippen LogP contribution in [0, 0.1) is 0 Å². The molecule has 0 bridgehead atoms. The molecule has 0 aromatic rings. The maximum Gasteiger partial charge on any atom is 0.139 e. The van der Waals surface area contributed by atoms with Gasteiger partial charge < -0.3 is 0 Å². The second-order valence-corrected chi connectivity index (χ2v) is 11.9. The van der Waals surface area contributed by atoms with Gasteiger partial charge in [0.1, 0.15) is 16.2 Å². The van der Waals surface area contributed by atoms with Crippen LogP contribution in [0.3, 0.4) is 0 Å². The molecule has 0 aliphatic carbocycles. The second-order valence-electron chi connectivity index (χ2n) is 2.21. The molecule has 0 aromatic heterocycles. The van der Waals surface area contributed by atoms with Gasteiger partial charge in [-0.15, -0.1) is 0 Å². The Balaban J connectivity index is 3.46. The van der Waals surface area contributed by atoms with Gasteiger partial charge in [0, 0.05) is 0 Å². The highest BCUT2D eigenvalue weighted by molar-refractivity contribution is 7.19. The molecule has 0 aliphatic heterocycles. The lowest BCUT2D eigenvalue weighted by molar-refractivity contribution is 1.30. The average molecular weight is 187 g/mol. The van der Waals surface area contributed by atoms with E-state index >= 15 is 0 Å². The first-order valence-electron chi connectivity index (χ1n) is 2.84. The SMILES string of the molecule is CC([SiH](C)Cl)[SiH](C)Cl. The first kappa shape index (κ1) is 9.01. The smallest absolute Gasteiger partial charge is 0.139 e. The number of rotatable bonds is 2. The van der Waals surface area contributed by atoms with E-state index in [2.05, 4.69) is 20.0 Å². The summed E-state index contributed by atoms with van der Waals surface area (Å²) < 4.78 is 0. The van der Waals surface area contributed by atoms with Crippen LogP contribution in [0.4, 0.5) is 0 Å². The van der Waals surface area contributed by atoms with Crippen molar-refractivity contribution in [3.8, 4) is 0 Å². The van der Waals surface area contributed by atoms with E-state index in [1.54, 1.807) is 0 Å². The third-order valence-electron chi connectivity index (χ3n) is 1.45. The molecule has 0 radical (unpaired) electrons. The number of hydrogen-bond donors (Lipinski definition) is 0. The Morgan fingerprint density at radius 3 is 1.38 bits per heavy atom. The Bertz CT molecular complexity index is 57.1. The Morgan fingerprint density at radius 2 is 1.38 bits per heavy atom. The molecular formula is C4H12Cl2Si2. The van der Waals surface area contributed by atoms with Crippen LogP contribution >= 0.6 is 22.2 Å².